The van der Waals surface area contributed by atoms with E-state index >= 15 is 0 Å². The Morgan fingerprint density at radius 3 is 3.23 bits per heavy atom. The quantitative estimate of drug-likeness (QED) is 0.624. The van der Waals surface area contributed by atoms with Gasteiger partial charge in [0.15, 0.2) is 5.65 Å². The molecule has 0 saturated heterocycles. The van der Waals surface area contributed by atoms with E-state index in [0.29, 0.717) is 11.2 Å². The number of tetrazole rings is 1. The predicted octanol–water partition coefficient (Wildman–Crippen LogP) is -0.884. The molecule has 0 bridgehead atoms. The van der Waals surface area contributed by atoms with Gasteiger partial charge in [0.05, 0.1) is 6.10 Å². The molecule has 13 heavy (non-hydrogen) atoms. The smallest absolute Gasteiger partial charge is 0.185 e. The van der Waals surface area contributed by atoms with Crippen LogP contribution in [0.25, 0.3) is 5.65 Å². The number of aliphatic hydroxyl groups is 1. The molecule has 1 atom stereocenters. The summed E-state index contributed by atoms with van der Waals surface area (Å²) >= 11 is 0. The van der Waals surface area contributed by atoms with Crippen molar-refractivity contribution in [2.45, 2.75) is 6.10 Å². The highest BCUT2D eigenvalue weighted by atomic mass is 16.3. The number of fused-ring (bicyclic) bond motifs is 1. The Hall–Kier alpha value is -1.53. The first kappa shape index (κ1) is 8.09. The first-order valence-corrected chi connectivity index (χ1v) is 3.87. The van der Waals surface area contributed by atoms with Gasteiger partial charge in [-0.15, -0.1) is 5.10 Å². The molecule has 0 aliphatic carbocycles. The van der Waals surface area contributed by atoms with Crippen LogP contribution in [0.1, 0.15) is 11.7 Å². The van der Waals surface area contributed by atoms with Crippen molar-refractivity contribution in [3.05, 3.63) is 23.9 Å². The molecular weight excluding hydrogens is 170 g/mol. The maximum atomic E-state index is 9.51. The first-order chi connectivity index (χ1) is 6.33. The van der Waals surface area contributed by atoms with Gasteiger partial charge in [-0.25, -0.2) is 4.52 Å². The van der Waals surface area contributed by atoms with Gasteiger partial charge >= 0.3 is 0 Å². The van der Waals surface area contributed by atoms with Crippen LogP contribution >= 0.6 is 0 Å². The zero-order valence-corrected chi connectivity index (χ0v) is 6.83. The van der Waals surface area contributed by atoms with E-state index in [2.05, 4.69) is 15.5 Å². The summed E-state index contributed by atoms with van der Waals surface area (Å²) in [6.07, 6.45) is 0.997. The highest BCUT2D eigenvalue weighted by Gasteiger charge is 2.11. The predicted molar refractivity (Wildman–Crippen MR) is 44.8 cm³/mol. The average molecular weight is 179 g/mol. The van der Waals surface area contributed by atoms with Crippen molar-refractivity contribution >= 4 is 5.65 Å². The highest BCUT2D eigenvalue weighted by molar-refractivity contribution is 5.46. The van der Waals surface area contributed by atoms with Gasteiger partial charge in [0.1, 0.15) is 0 Å². The lowest BCUT2D eigenvalue weighted by molar-refractivity contribution is 0.187. The van der Waals surface area contributed by atoms with Crippen molar-refractivity contribution < 1.29 is 5.11 Å². The number of aromatic nitrogens is 4. The molecule has 68 valence electrons. The Balaban J connectivity index is 2.60. The van der Waals surface area contributed by atoms with E-state index in [0.717, 1.165) is 0 Å². The van der Waals surface area contributed by atoms with Crippen molar-refractivity contribution in [3.8, 4) is 0 Å². The van der Waals surface area contributed by atoms with Crippen LogP contribution in [-0.2, 0) is 0 Å². The van der Waals surface area contributed by atoms with Gasteiger partial charge < -0.3 is 10.8 Å². The van der Waals surface area contributed by atoms with E-state index < -0.39 is 6.10 Å². The number of nitrogens with zero attached hydrogens (tertiary/aromatic N) is 4. The summed E-state index contributed by atoms with van der Waals surface area (Å²) in [7, 11) is 0. The molecule has 6 nitrogen and oxygen atoms in total. The summed E-state index contributed by atoms with van der Waals surface area (Å²) in [4.78, 5) is 0. The number of hydrogen-bond acceptors (Lipinski definition) is 5. The van der Waals surface area contributed by atoms with Crippen molar-refractivity contribution in [2.24, 2.45) is 5.73 Å². The highest BCUT2D eigenvalue weighted by Crippen LogP contribution is 2.14. The van der Waals surface area contributed by atoms with Crippen LogP contribution in [0.5, 0.6) is 0 Å². The number of pyridine rings is 1. The Morgan fingerprint density at radius 1 is 1.62 bits per heavy atom. The zero-order valence-electron chi connectivity index (χ0n) is 6.83. The lowest BCUT2D eigenvalue weighted by Crippen LogP contribution is -2.12. The van der Waals surface area contributed by atoms with E-state index in [1.54, 1.807) is 18.3 Å². The minimum absolute atomic E-state index is 0.159. The van der Waals surface area contributed by atoms with Gasteiger partial charge in [0.2, 0.25) is 0 Å². The van der Waals surface area contributed by atoms with E-state index in [4.69, 9.17) is 5.73 Å². The van der Waals surface area contributed by atoms with Crippen molar-refractivity contribution in [2.75, 3.05) is 6.54 Å². The second kappa shape index (κ2) is 3.08. The van der Waals surface area contributed by atoms with Crippen LogP contribution in [0.3, 0.4) is 0 Å². The van der Waals surface area contributed by atoms with Gasteiger partial charge in [0.25, 0.3) is 0 Å². The molecular formula is C7H9N5O. The minimum atomic E-state index is -0.713. The minimum Gasteiger partial charge on any atom is -0.387 e. The molecule has 2 rings (SSSR count). The summed E-state index contributed by atoms with van der Waals surface area (Å²) in [5.74, 6) is 0. The molecule has 0 saturated carbocycles. The molecule has 0 aromatic carbocycles. The standard InChI is InChI=1S/C7H9N5O/c8-4-6(13)5-2-1-3-12-7(5)9-10-11-12/h1-3,6,13H,4,8H2. The van der Waals surface area contributed by atoms with Crippen LogP contribution in [-0.4, -0.2) is 31.7 Å². The largest absolute Gasteiger partial charge is 0.387 e. The number of rotatable bonds is 2. The molecule has 6 heteroatoms. The van der Waals surface area contributed by atoms with E-state index in [-0.39, 0.29) is 6.54 Å². The second-order valence-corrected chi connectivity index (χ2v) is 2.66. The number of hydrogen-bond donors (Lipinski definition) is 2. The molecule has 0 radical (unpaired) electrons. The Kier molecular flexibility index (Phi) is 1.91. The zero-order chi connectivity index (χ0) is 9.26. The third-order valence-corrected chi connectivity index (χ3v) is 1.84. The molecule has 2 aromatic rings. The topological polar surface area (TPSA) is 89.3 Å². The molecule has 3 N–H and O–H groups in total. The summed E-state index contributed by atoms with van der Waals surface area (Å²) in [5.41, 5.74) is 6.53. The van der Waals surface area contributed by atoms with Crippen molar-refractivity contribution in [3.63, 3.8) is 0 Å². The van der Waals surface area contributed by atoms with E-state index in [1.807, 2.05) is 0 Å². The summed E-state index contributed by atoms with van der Waals surface area (Å²) < 4.78 is 1.49. The monoisotopic (exact) mass is 179 g/mol. The maximum absolute atomic E-state index is 9.51. The Labute approximate surface area is 74.0 Å². The molecule has 2 heterocycles. The normalized spacial score (nSPS) is 13.4. The molecule has 2 aromatic heterocycles. The van der Waals surface area contributed by atoms with Gasteiger partial charge in [-0.3, -0.25) is 0 Å². The molecule has 0 fully saturated rings. The number of aliphatic hydroxyl groups excluding tert-OH is 1. The third kappa shape index (κ3) is 1.25. The molecule has 0 amide bonds. The number of nitrogens with two attached hydrogens (primary N) is 1. The van der Waals surface area contributed by atoms with E-state index in [1.165, 1.54) is 4.52 Å². The summed E-state index contributed by atoms with van der Waals surface area (Å²) in [6.45, 7) is 0.159. The summed E-state index contributed by atoms with van der Waals surface area (Å²) in [6, 6.07) is 3.51. The van der Waals surface area contributed by atoms with Gasteiger partial charge in [-0.2, -0.15) is 0 Å². The van der Waals surface area contributed by atoms with Crippen LogP contribution in [0.2, 0.25) is 0 Å². The first-order valence-electron chi connectivity index (χ1n) is 3.87. The lowest BCUT2D eigenvalue weighted by Gasteiger charge is -2.06. The second-order valence-electron chi connectivity index (χ2n) is 2.66. The molecule has 0 aliphatic heterocycles. The lowest BCUT2D eigenvalue weighted by atomic mass is 10.1. The SMILES string of the molecule is NCC(O)c1cccn2nnnc12. The van der Waals surface area contributed by atoms with Crippen LogP contribution < -0.4 is 5.73 Å². The molecule has 0 aliphatic rings. The third-order valence-electron chi connectivity index (χ3n) is 1.84. The average Bonchev–Trinajstić information content (AvgIpc) is 2.63. The van der Waals surface area contributed by atoms with Gasteiger partial charge in [-0.05, 0) is 16.5 Å². The fraction of sp³-hybridized carbons (Fsp3) is 0.286. The van der Waals surface area contributed by atoms with Crippen molar-refractivity contribution in [1.29, 1.82) is 0 Å². The molecule has 0 spiro atoms. The summed E-state index contributed by atoms with van der Waals surface area (Å²) in [5, 5.41) is 20.5. The maximum Gasteiger partial charge on any atom is 0.185 e. The van der Waals surface area contributed by atoms with E-state index in [9.17, 15) is 5.11 Å². The fourth-order valence-corrected chi connectivity index (χ4v) is 1.17. The molecule has 1 unspecified atom stereocenters. The van der Waals surface area contributed by atoms with Gasteiger partial charge in [0, 0.05) is 18.3 Å². The van der Waals surface area contributed by atoms with Crippen LogP contribution in [0.15, 0.2) is 18.3 Å². The Morgan fingerprint density at radius 2 is 2.46 bits per heavy atom. The van der Waals surface area contributed by atoms with Crippen LogP contribution in [0, 0.1) is 0 Å². The van der Waals surface area contributed by atoms with Crippen LogP contribution in [0.4, 0.5) is 0 Å². The Bertz CT molecular complexity index is 412. The fourth-order valence-electron chi connectivity index (χ4n) is 1.17. The van der Waals surface area contributed by atoms with Crippen molar-refractivity contribution in [1.82, 2.24) is 20.0 Å². The van der Waals surface area contributed by atoms with Gasteiger partial charge in [-0.1, -0.05) is 6.07 Å².